The first-order valence-corrected chi connectivity index (χ1v) is 22.7. The summed E-state index contributed by atoms with van der Waals surface area (Å²) in [5.74, 6) is 0.635. The fourth-order valence-corrected chi connectivity index (χ4v) is 10.7. The second-order valence-corrected chi connectivity index (χ2v) is 18.3. The molecule has 3 unspecified atom stereocenters. The van der Waals surface area contributed by atoms with E-state index in [1.807, 2.05) is 35.2 Å². The first-order chi connectivity index (χ1) is 23.3. The maximum absolute atomic E-state index is 12.4. The normalized spacial score (nSPS) is 20.6. The van der Waals surface area contributed by atoms with Gasteiger partial charge in [-0.3, -0.25) is 8.42 Å². The number of thioether (sulfide) groups is 1. The summed E-state index contributed by atoms with van der Waals surface area (Å²) in [5, 5.41) is 2.58. The Morgan fingerprint density at radius 1 is 0.854 bits per heavy atom. The average molecular weight is 720 g/mol. The molecular weight excluding hydrogens is 669 g/mol. The van der Waals surface area contributed by atoms with E-state index in [1.165, 1.54) is 112 Å². The number of benzene rings is 2. The molecular formula is C40H51N2O2S4+. The molecule has 256 valence electrons. The maximum atomic E-state index is 12.4. The van der Waals surface area contributed by atoms with Crippen LogP contribution in [0.4, 0.5) is 5.69 Å². The van der Waals surface area contributed by atoms with Crippen LogP contribution in [-0.4, -0.2) is 27.5 Å². The highest BCUT2D eigenvalue weighted by molar-refractivity contribution is 8.03. The van der Waals surface area contributed by atoms with Gasteiger partial charge in [0.2, 0.25) is 5.52 Å². The minimum Gasteiger partial charge on any atom is -0.335 e. The summed E-state index contributed by atoms with van der Waals surface area (Å²) in [6.07, 6.45) is 28.4. The molecule has 2 aromatic carbocycles. The standard InChI is InChI=1S/C40H51N2O2S4/c1-5-7-8-9-10-11-12-13-22-42-36-28-34(48(4)44)19-21-38(36)46-40(42)26-30-15-17-31-16-14-29(23-32(31)24-30)25-39-41(6-2)35-27-33(47(3)43)18-20-37(35)45-39/h18-21,23-28,31H,5-17,22H2,1-4H3/q+1. The van der Waals surface area contributed by atoms with E-state index in [0.717, 1.165) is 35.7 Å². The lowest BCUT2D eigenvalue weighted by Crippen LogP contribution is -2.35. The SMILES string of the molecule is CCCCCCCCCC[n+]1c(C=C2C=C3C=C(C=C4Sc5ccc(S(C)=O)cc5N4CC)CCC3CC2)sc2ccc(S(C)=O)cc21. The van der Waals surface area contributed by atoms with Gasteiger partial charge in [0, 0.05) is 63.1 Å². The molecule has 3 atom stereocenters. The van der Waals surface area contributed by atoms with Gasteiger partial charge in [0.15, 0.2) is 6.54 Å². The van der Waals surface area contributed by atoms with Gasteiger partial charge in [-0.2, -0.15) is 4.57 Å². The van der Waals surface area contributed by atoms with Crippen LogP contribution in [0.5, 0.6) is 0 Å². The molecule has 0 bridgehead atoms. The predicted molar refractivity (Wildman–Crippen MR) is 209 cm³/mol. The number of aryl methyl sites for hydroxylation is 1. The number of nitrogens with zero attached hydrogens (tertiary/aromatic N) is 2. The van der Waals surface area contributed by atoms with Crippen molar-refractivity contribution < 1.29 is 13.0 Å². The Balaban J connectivity index is 1.24. The highest BCUT2D eigenvalue weighted by Gasteiger charge is 2.28. The van der Waals surface area contributed by atoms with Gasteiger partial charge in [-0.15, -0.1) is 0 Å². The first kappa shape index (κ1) is 35.6. The van der Waals surface area contributed by atoms with Gasteiger partial charge in [0.25, 0.3) is 5.01 Å². The van der Waals surface area contributed by atoms with Gasteiger partial charge in [-0.1, -0.05) is 80.7 Å². The van der Waals surface area contributed by atoms with Crippen molar-refractivity contribution in [2.24, 2.45) is 5.92 Å². The van der Waals surface area contributed by atoms with E-state index < -0.39 is 21.6 Å². The van der Waals surface area contributed by atoms with E-state index in [-0.39, 0.29) is 0 Å². The Morgan fingerprint density at radius 2 is 1.56 bits per heavy atom. The molecule has 0 N–H and O–H groups in total. The van der Waals surface area contributed by atoms with Gasteiger partial charge in [0.1, 0.15) is 4.70 Å². The predicted octanol–water partition coefficient (Wildman–Crippen LogP) is 10.7. The highest BCUT2D eigenvalue weighted by atomic mass is 32.2. The lowest BCUT2D eigenvalue weighted by Gasteiger charge is -2.28. The van der Waals surface area contributed by atoms with Crippen molar-refractivity contribution in [3.63, 3.8) is 0 Å². The van der Waals surface area contributed by atoms with Crippen molar-refractivity contribution in [1.29, 1.82) is 0 Å². The fourth-order valence-electron chi connectivity index (χ4n) is 7.25. The monoisotopic (exact) mass is 719 g/mol. The third kappa shape index (κ3) is 8.36. The number of thiazole rings is 1. The second kappa shape index (κ2) is 16.6. The zero-order valence-electron chi connectivity index (χ0n) is 29.1. The quantitative estimate of drug-likeness (QED) is 0.123. The van der Waals surface area contributed by atoms with Gasteiger partial charge in [0.05, 0.1) is 21.5 Å². The largest absolute Gasteiger partial charge is 0.335 e. The number of hydrogen-bond acceptors (Lipinski definition) is 5. The van der Waals surface area contributed by atoms with E-state index in [2.05, 4.69) is 71.9 Å². The minimum atomic E-state index is -0.993. The molecule has 1 aliphatic heterocycles. The number of rotatable bonds is 14. The Morgan fingerprint density at radius 3 is 2.31 bits per heavy atom. The molecule has 3 aromatic rings. The van der Waals surface area contributed by atoms with E-state index in [4.69, 9.17) is 0 Å². The van der Waals surface area contributed by atoms with Crippen molar-refractivity contribution in [2.75, 3.05) is 24.0 Å². The summed E-state index contributed by atoms with van der Waals surface area (Å²) >= 11 is 3.70. The van der Waals surface area contributed by atoms with Gasteiger partial charge in [-0.05, 0) is 98.1 Å². The molecule has 4 nitrogen and oxygen atoms in total. The maximum Gasteiger partial charge on any atom is 0.263 e. The Labute approximate surface area is 301 Å². The van der Waals surface area contributed by atoms with Crippen molar-refractivity contribution in [2.45, 2.75) is 112 Å². The summed E-state index contributed by atoms with van der Waals surface area (Å²) in [6.45, 7) is 6.37. The van der Waals surface area contributed by atoms with Crippen LogP contribution in [0.2, 0.25) is 0 Å². The molecule has 1 aromatic heterocycles. The Hall–Kier alpha value is -2.26. The van der Waals surface area contributed by atoms with E-state index in [0.29, 0.717) is 5.92 Å². The number of hydrogen-bond donors (Lipinski definition) is 0. The van der Waals surface area contributed by atoms with Crippen molar-refractivity contribution in [3.8, 4) is 0 Å². The molecule has 0 spiro atoms. The highest BCUT2D eigenvalue weighted by Crippen LogP contribution is 2.48. The van der Waals surface area contributed by atoms with Crippen LogP contribution in [0, 0.1) is 5.92 Å². The molecule has 8 heteroatoms. The van der Waals surface area contributed by atoms with E-state index in [9.17, 15) is 8.42 Å². The van der Waals surface area contributed by atoms with Crippen LogP contribution in [0.1, 0.15) is 95.9 Å². The summed E-state index contributed by atoms with van der Waals surface area (Å²) in [4.78, 5) is 5.41. The van der Waals surface area contributed by atoms with Crippen LogP contribution >= 0.6 is 23.1 Å². The van der Waals surface area contributed by atoms with E-state index >= 15 is 0 Å². The van der Waals surface area contributed by atoms with Crippen molar-refractivity contribution in [3.05, 3.63) is 81.4 Å². The molecule has 0 saturated carbocycles. The molecule has 3 aliphatic rings. The number of anilines is 1. The molecule has 6 rings (SSSR count). The van der Waals surface area contributed by atoms with Gasteiger partial charge >= 0.3 is 0 Å². The Kier molecular flexibility index (Phi) is 12.3. The van der Waals surface area contributed by atoms with E-state index in [1.54, 1.807) is 12.5 Å². The lowest BCUT2D eigenvalue weighted by atomic mass is 9.77. The molecule has 2 heterocycles. The number of unbranched alkanes of at least 4 members (excludes halogenated alkanes) is 7. The van der Waals surface area contributed by atoms with Crippen LogP contribution in [-0.2, 0) is 28.1 Å². The molecule has 0 saturated heterocycles. The number of allylic oxidation sites excluding steroid dienone is 6. The van der Waals surface area contributed by atoms with Crippen molar-refractivity contribution in [1.82, 2.24) is 0 Å². The number of fused-ring (bicyclic) bond motifs is 3. The first-order valence-electron chi connectivity index (χ1n) is 17.9. The smallest absolute Gasteiger partial charge is 0.263 e. The molecule has 2 aliphatic carbocycles. The summed E-state index contributed by atoms with van der Waals surface area (Å²) in [7, 11) is -1.98. The zero-order chi connectivity index (χ0) is 33.6. The average Bonchev–Trinajstić information content (AvgIpc) is 3.61. The van der Waals surface area contributed by atoms with Crippen LogP contribution in [0.15, 0.2) is 91.1 Å². The van der Waals surface area contributed by atoms with Crippen LogP contribution in [0.3, 0.4) is 0 Å². The van der Waals surface area contributed by atoms with Gasteiger partial charge < -0.3 is 4.90 Å². The molecule has 0 amide bonds. The molecule has 0 radical (unpaired) electrons. The summed E-state index contributed by atoms with van der Waals surface area (Å²) < 4.78 is 28.3. The topological polar surface area (TPSA) is 41.3 Å². The lowest BCUT2D eigenvalue weighted by molar-refractivity contribution is -0.669. The minimum absolute atomic E-state index is 0.635. The third-order valence-corrected chi connectivity index (χ3v) is 14.0. The second-order valence-electron chi connectivity index (χ2n) is 13.4. The van der Waals surface area contributed by atoms with Crippen molar-refractivity contribution >= 4 is 66.7 Å². The summed E-state index contributed by atoms with van der Waals surface area (Å²) in [5.41, 5.74) is 6.69. The molecule has 0 fully saturated rings. The third-order valence-electron chi connectivity index (χ3n) is 9.98. The van der Waals surface area contributed by atoms with Crippen LogP contribution < -0.4 is 9.47 Å². The Bertz CT molecular complexity index is 1810. The fraction of sp³-hybridized carbons (Fsp3) is 0.475. The molecule has 48 heavy (non-hydrogen) atoms. The number of aromatic nitrogens is 1. The summed E-state index contributed by atoms with van der Waals surface area (Å²) in [6, 6.07) is 12.6. The van der Waals surface area contributed by atoms with Gasteiger partial charge in [-0.25, -0.2) is 0 Å². The zero-order valence-corrected chi connectivity index (χ0v) is 32.4. The van der Waals surface area contributed by atoms with Crippen LogP contribution in [0.25, 0.3) is 16.3 Å².